The van der Waals surface area contributed by atoms with Crippen molar-refractivity contribution in [2.75, 3.05) is 7.11 Å². The maximum atomic E-state index is 12.6. The third-order valence-corrected chi connectivity index (χ3v) is 4.96. The van der Waals surface area contributed by atoms with Gasteiger partial charge in [0.25, 0.3) is 5.56 Å². The van der Waals surface area contributed by atoms with Crippen LogP contribution in [0.2, 0.25) is 0 Å². The van der Waals surface area contributed by atoms with Crippen LogP contribution in [0.15, 0.2) is 33.9 Å². The number of hydrogen-bond acceptors (Lipinski definition) is 4. The standard InChI is InChI=1S/C21H25N3O3/c1-12-10-15-18(19(25)24(6)20(26)23(15)5)22-17(12)14-11-13(21(2,3)4)8-9-16(14)27-7/h8-11H,1-7H3. The van der Waals surface area contributed by atoms with Crippen molar-refractivity contribution in [2.45, 2.75) is 33.1 Å². The molecular formula is C21H25N3O3. The van der Waals surface area contributed by atoms with E-state index in [0.29, 0.717) is 17.0 Å². The van der Waals surface area contributed by atoms with Gasteiger partial charge >= 0.3 is 5.69 Å². The van der Waals surface area contributed by atoms with Gasteiger partial charge in [0.1, 0.15) is 5.75 Å². The van der Waals surface area contributed by atoms with Gasteiger partial charge in [-0.3, -0.25) is 13.9 Å². The lowest BCUT2D eigenvalue weighted by molar-refractivity contribution is 0.415. The summed E-state index contributed by atoms with van der Waals surface area (Å²) in [7, 11) is 4.73. The Kier molecular flexibility index (Phi) is 4.46. The summed E-state index contributed by atoms with van der Waals surface area (Å²) >= 11 is 0. The van der Waals surface area contributed by atoms with Crippen LogP contribution < -0.4 is 16.0 Å². The molecule has 6 heteroatoms. The van der Waals surface area contributed by atoms with Crippen LogP contribution in [0.3, 0.4) is 0 Å². The lowest BCUT2D eigenvalue weighted by Crippen LogP contribution is -2.37. The van der Waals surface area contributed by atoms with Crippen LogP contribution in [0.25, 0.3) is 22.3 Å². The van der Waals surface area contributed by atoms with E-state index in [0.717, 1.165) is 21.3 Å². The van der Waals surface area contributed by atoms with E-state index in [9.17, 15) is 9.59 Å². The number of pyridine rings is 1. The van der Waals surface area contributed by atoms with Crippen LogP contribution in [0.4, 0.5) is 0 Å². The van der Waals surface area contributed by atoms with Gasteiger partial charge in [-0.1, -0.05) is 26.8 Å². The summed E-state index contributed by atoms with van der Waals surface area (Å²) < 4.78 is 8.08. The van der Waals surface area contributed by atoms with Gasteiger partial charge in [0, 0.05) is 19.7 Å². The largest absolute Gasteiger partial charge is 0.496 e. The Bertz CT molecular complexity index is 1160. The topological polar surface area (TPSA) is 66.1 Å². The minimum atomic E-state index is -0.403. The average Bonchev–Trinajstić information content (AvgIpc) is 2.63. The highest BCUT2D eigenvalue weighted by molar-refractivity contribution is 5.81. The predicted molar refractivity (Wildman–Crippen MR) is 108 cm³/mol. The molecule has 3 rings (SSSR count). The van der Waals surface area contributed by atoms with Gasteiger partial charge in [0.05, 0.1) is 18.3 Å². The second kappa shape index (κ2) is 6.37. The summed E-state index contributed by atoms with van der Waals surface area (Å²) in [5, 5.41) is 0. The molecule has 0 saturated carbocycles. The first kappa shape index (κ1) is 18.9. The molecule has 6 nitrogen and oxygen atoms in total. The first-order chi connectivity index (χ1) is 12.6. The molecule has 2 aromatic heterocycles. The average molecular weight is 367 g/mol. The van der Waals surface area contributed by atoms with Crippen molar-refractivity contribution in [3.8, 4) is 17.0 Å². The Labute approximate surface area is 158 Å². The van der Waals surface area contributed by atoms with E-state index < -0.39 is 5.56 Å². The van der Waals surface area contributed by atoms with Crippen molar-refractivity contribution in [1.29, 1.82) is 0 Å². The number of aromatic nitrogens is 3. The molecular weight excluding hydrogens is 342 g/mol. The Morgan fingerprint density at radius 2 is 1.70 bits per heavy atom. The van der Waals surface area contributed by atoms with Gasteiger partial charge in [0.2, 0.25) is 0 Å². The van der Waals surface area contributed by atoms with Gasteiger partial charge in [-0.2, -0.15) is 0 Å². The van der Waals surface area contributed by atoms with Crippen molar-refractivity contribution in [1.82, 2.24) is 14.1 Å². The van der Waals surface area contributed by atoms with E-state index in [1.165, 1.54) is 11.6 Å². The minimum absolute atomic E-state index is 0.0359. The molecule has 0 spiro atoms. The SMILES string of the molecule is COc1ccc(C(C)(C)C)cc1-c1nc2c(=O)n(C)c(=O)n(C)c2cc1C. The van der Waals surface area contributed by atoms with E-state index in [4.69, 9.17) is 4.74 Å². The molecule has 0 bridgehead atoms. The molecule has 0 radical (unpaired) electrons. The quantitative estimate of drug-likeness (QED) is 0.698. The van der Waals surface area contributed by atoms with Crippen molar-refractivity contribution < 1.29 is 4.74 Å². The van der Waals surface area contributed by atoms with Crippen molar-refractivity contribution in [3.63, 3.8) is 0 Å². The monoisotopic (exact) mass is 367 g/mol. The second-order valence-electron chi connectivity index (χ2n) is 7.89. The summed E-state index contributed by atoms with van der Waals surface area (Å²) in [4.78, 5) is 29.5. The zero-order chi connectivity index (χ0) is 20.1. The summed E-state index contributed by atoms with van der Waals surface area (Å²) in [5.74, 6) is 0.694. The van der Waals surface area contributed by atoms with Gasteiger partial charge in [-0.15, -0.1) is 0 Å². The molecule has 3 aromatic rings. The van der Waals surface area contributed by atoms with Crippen molar-refractivity contribution >= 4 is 11.0 Å². The molecule has 0 saturated heterocycles. The molecule has 0 aliphatic rings. The summed E-state index contributed by atoms with van der Waals surface area (Å²) in [6.07, 6.45) is 0. The van der Waals surface area contributed by atoms with Crippen LogP contribution in [-0.2, 0) is 19.5 Å². The van der Waals surface area contributed by atoms with Gasteiger partial charge in [0.15, 0.2) is 5.52 Å². The normalized spacial score (nSPS) is 11.8. The fourth-order valence-corrected chi connectivity index (χ4v) is 3.22. The molecule has 2 heterocycles. The van der Waals surface area contributed by atoms with Crippen LogP contribution in [0.1, 0.15) is 31.9 Å². The van der Waals surface area contributed by atoms with Gasteiger partial charge < -0.3 is 4.74 Å². The lowest BCUT2D eigenvalue weighted by Gasteiger charge is -2.21. The van der Waals surface area contributed by atoms with Crippen LogP contribution in [0.5, 0.6) is 5.75 Å². The maximum absolute atomic E-state index is 12.6. The number of ether oxygens (including phenoxy) is 1. The molecule has 1 aromatic carbocycles. The van der Waals surface area contributed by atoms with Crippen LogP contribution in [-0.4, -0.2) is 21.2 Å². The highest BCUT2D eigenvalue weighted by atomic mass is 16.5. The third-order valence-electron chi connectivity index (χ3n) is 4.96. The number of hydrogen-bond donors (Lipinski definition) is 0. The van der Waals surface area contributed by atoms with Gasteiger partial charge in [-0.05, 0) is 41.7 Å². The minimum Gasteiger partial charge on any atom is -0.496 e. The van der Waals surface area contributed by atoms with E-state index in [1.807, 2.05) is 25.1 Å². The fourth-order valence-electron chi connectivity index (χ4n) is 3.22. The second-order valence-corrected chi connectivity index (χ2v) is 7.89. The predicted octanol–water partition coefficient (Wildman–Crippen LogP) is 2.91. The zero-order valence-corrected chi connectivity index (χ0v) is 16.9. The molecule has 0 N–H and O–H groups in total. The lowest BCUT2D eigenvalue weighted by atomic mass is 9.85. The third kappa shape index (κ3) is 3.05. The summed E-state index contributed by atoms with van der Waals surface area (Å²) in [6, 6.07) is 7.87. The van der Waals surface area contributed by atoms with E-state index >= 15 is 0 Å². The number of aryl methyl sites for hydroxylation is 2. The Morgan fingerprint density at radius 1 is 1.04 bits per heavy atom. The first-order valence-corrected chi connectivity index (χ1v) is 8.82. The molecule has 142 valence electrons. The maximum Gasteiger partial charge on any atom is 0.331 e. The number of methoxy groups -OCH3 is 1. The highest BCUT2D eigenvalue weighted by Gasteiger charge is 2.20. The van der Waals surface area contributed by atoms with Crippen LogP contribution in [0, 0.1) is 6.92 Å². The van der Waals surface area contributed by atoms with E-state index in [1.54, 1.807) is 14.2 Å². The number of fused-ring (bicyclic) bond motifs is 1. The molecule has 27 heavy (non-hydrogen) atoms. The molecule has 0 fully saturated rings. The molecule has 0 aliphatic carbocycles. The molecule has 0 atom stereocenters. The van der Waals surface area contributed by atoms with Crippen molar-refractivity contribution in [2.24, 2.45) is 14.1 Å². The molecule has 0 aliphatic heterocycles. The molecule has 0 amide bonds. The number of benzene rings is 1. The molecule has 0 unspecified atom stereocenters. The Morgan fingerprint density at radius 3 is 2.30 bits per heavy atom. The summed E-state index contributed by atoms with van der Waals surface area (Å²) in [6.45, 7) is 8.35. The number of rotatable bonds is 2. The summed E-state index contributed by atoms with van der Waals surface area (Å²) in [5.41, 5.74) is 3.52. The van der Waals surface area contributed by atoms with Gasteiger partial charge in [-0.25, -0.2) is 9.78 Å². The van der Waals surface area contributed by atoms with Crippen LogP contribution >= 0.6 is 0 Å². The van der Waals surface area contributed by atoms with E-state index in [2.05, 4.69) is 31.8 Å². The highest BCUT2D eigenvalue weighted by Crippen LogP contribution is 2.35. The van der Waals surface area contributed by atoms with Crippen molar-refractivity contribution in [3.05, 3.63) is 56.2 Å². The van der Waals surface area contributed by atoms with E-state index in [-0.39, 0.29) is 16.6 Å². The first-order valence-electron chi connectivity index (χ1n) is 8.82. The smallest absolute Gasteiger partial charge is 0.331 e. The number of nitrogens with zero attached hydrogens (tertiary/aromatic N) is 3. The Hall–Kier alpha value is -2.89. The Balaban J connectivity index is 2.41. The zero-order valence-electron chi connectivity index (χ0n) is 16.9. The fraction of sp³-hybridized carbons (Fsp3) is 0.381.